The Morgan fingerprint density at radius 3 is 2.45 bits per heavy atom. The lowest BCUT2D eigenvalue weighted by Crippen LogP contribution is -2.60. The topological polar surface area (TPSA) is 109 Å². The van der Waals surface area contributed by atoms with E-state index >= 15 is 0 Å². The van der Waals surface area contributed by atoms with Crippen LogP contribution in [0.25, 0.3) is 0 Å². The maximum absolute atomic E-state index is 13.4. The molecule has 2 saturated heterocycles. The van der Waals surface area contributed by atoms with Gasteiger partial charge >= 0.3 is 0 Å². The van der Waals surface area contributed by atoms with Gasteiger partial charge in [0.1, 0.15) is 11.9 Å². The molecule has 0 aromatic heterocycles. The molecule has 0 radical (unpaired) electrons. The van der Waals surface area contributed by atoms with Crippen LogP contribution in [0.3, 0.4) is 0 Å². The molecule has 8 unspecified atom stereocenters. The van der Waals surface area contributed by atoms with Crippen molar-refractivity contribution in [3.63, 3.8) is 0 Å². The summed E-state index contributed by atoms with van der Waals surface area (Å²) in [6.45, 7) is 16.5. The lowest BCUT2D eigenvalue weighted by Gasteiger charge is -2.64. The zero-order valence-corrected chi connectivity index (χ0v) is 31.9. The monoisotopic (exact) mass is 711 g/mol. The number of carbonyl (C=O) groups is 1. The largest absolute Gasteiger partial charge is 0.390 e. The van der Waals surface area contributed by atoms with Gasteiger partial charge in [0.15, 0.2) is 6.29 Å². The second kappa shape index (κ2) is 11.9. The van der Waals surface area contributed by atoms with Crippen molar-refractivity contribution in [3.05, 3.63) is 35.6 Å². The Hall–Kier alpha value is -1.62. The second-order valence-corrected chi connectivity index (χ2v) is 19.7. The van der Waals surface area contributed by atoms with E-state index in [0.29, 0.717) is 38.0 Å². The van der Waals surface area contributed by atoms with Gasteiger partial charge in [-0.25, -0.2) is 4.39 Å². The number of aliphatic hydroxyl groups is 3. The predicted molar refractivity (Wildman–Crippen MR) is 190 cm³/mol. The van der Waals surface area contributed by atoms with Crippen LogP contribution in [0, 0.1) is 56.6 Å². The zero-order chi connectivity index (χ0) is 36.5. The SMILES string of the molecule is C[C@@H]1CC(C(O)C(C)(C)O)OC2[C@H]1C1(C)CCC34CC35CCC(O[C@H]3CN(C(=O)Cc6ccc(F)cc6)CCO3)C(C)(C)[C@@H]5CCC4[C@]1(C)[C@H]2O. The average molecular weight is 712 g/mol. The fourth-order valence-electron chi connectivity index (χ4n) is 14.2. The number of hydrogen-bond donors (Lipinski definition) is 3. The maximum Gasteiger partial charge on any atom is 0.227 e. The highest BCUT2D eigenvalue weighted by molar-refractivity contribution is 5.78. The van der Waals surface area contributed by atoms with Crippen LogP contribution in [-0.2, 0) is 25.4 Å². The Morgan fingerprint density at radius 2 is 1.75 bits per heavy atom. The second-order valence-electron chi connectivity index (χ2n) is 19.7. The van der Waals surface area contributed by atoms with Gasteiger partial charge in [-0.1, -0.05) is 46.8 Å². The van der Waals surface area contributed by atoms with Crippen molar-refractivity contribution in [2.75, 3.05) is 19.7 Å². The first kappa shape index (κ1) is 36.4. The van der Waals surface area contributed by atoms with E-state index in [9.17, 15) is 24.5 Å². The molecule has 2 heterocycles. The Labute approximate surface area is 303 Å². The minimum atomic E-state index is -1.27. The van der Waals surface area contributed by atoms with Crippen LogP contribution in [0.15, 0.2) is 24.3 Å². The Balaban J connectivity index is 0.976. The van der Waals surface area contributed by atoms with E-state index in [4.69, 9.17) is 14.2 Å². The molecule has 2 aliphatic heterocycles. The quantitative estimate of drug-likeness (QED) is 0.338. The van der Waals surface area contributed by atoms with E-state index in [1.165, 1.54) is 25.0 Å². The molecule has 0 bridgehead atoms. The molecule has 1 aromatic rings. The fraction of sp³-hybridized carbons (Fsp3) is 0.833. The number of hydrogen-bond acceptors (Lipinski definition) is 7. The Bertz CT molecular complexity index is 1510. The van der Waals surface area contributed by atoms with Crippen molar-refractivity contribution in [3.8, 4) is 0 Å². The smallest absolute Gasteiger partial charge is 0.227 e. The van der Waals surface area contributed by atoms with E-state index in [0.717, 1.165) is 37.7 Å². The maximum atomic E-state index is 13.4. The summed E-state index contributed by atoms with van der Waals surface area (Å²) in [7, 11) is 0. The summed E-state index contributed by atoms with van der Waals surface area (Å²) < 4.78 is 33.0. The molecule has 284 valence electrons. The average Bonchev–Trinajstić information content (AvgIpc) is 3.71. The van der Waals surface area contributed by atoms with Crippen molar-refractivity contribution >= 4 is 5.91 Å². The van der Waals surface area contributed by atoms with Gasteiger partial charge in [0.25, 0.3) is 0 Å². The van der Waals surface area contributed by atoms with Crippen LogP contribution >= 0.6 is 0 Å². The highest BCUT2D eigenvalue weighted by Gasteiger charge is 2.84. The number of halogens is 1. The number of morpholine rings is 1. The van der Waals surface area contributed by atoms with Crippen LogP contribution in [0.2, 0.25) is 0 Å². The molecule has 1 aromatic carbocycles. The summed E-state index contributed by atoms with van der Waals surface area (Å²) in [5.41, 5.74) is -0.454. The minimum absolute atomic E-state index is 0.00840. The van der Waals surface area contributed by atoms with E-state index < -0.39 is 30.2 Å². The molecule has 5 aliphatic carbocycles. The predicted octanol–water partition coefficient (Wildman–Crippen LogP) is 5.88. The number of benzene rings is 1. The highest BCUT2D eigenvalue weighted by atomic mass is 19.1. The van der Waals surface area contributed by atoms with Gasteiger partial charge in [-0.2, -0.15) is 0 Å². The van der Waals surface area contributed by atoms with Crippen molar-refractivity contribution < 1.29 is 38.7 Å². The summed E-state index contributed by atoms with van der Waals surface area (Å²) in [5.74, 6) is 1.11. The first-order valence-corrected chi connectivity index (χ1v) is 19.9. The molecule has 8 rings (SSSR count). The van der Waals surface area contributed by atoms with Gasteiger partial charge in [0.05, 0.1) is 49.6 Å². The number of fused-ring (bicyclic) bond motifs is 4. The van der Waals surface area contributed by atoms with Crippen molar-refractivity contribution in [2.45, 2.75) is 149 Å². The van der Waals surface area contributed by atoms with Gasteiger partial charge in [-0.05, 0) is 128 Å². The van der Waals surface area contributed by atoms with E-state index in [1.807, 2.05) is 4.90 Å². The van der Waals surface area contributed by atoms with Gasteiger partial charge in [-0.3, -0.25) is 4.79 Å². The van der Waals surface area contributed by atoms with Crippen molar-refractivity contribution in [2.24, 2.45) is 50.7 Å². The van der Waals surface area contributed by atoms with Crippen molar-refractivity contribution in [1.82, 2.24) is 4.90 Å². The number of carbonyl (C=O) groups excluding carboxylic acids is 1. The summed E-state index contributed by atoms with van der Waals surface area (Å²) >= 11 is 0. The number of amides is 1. The summed E-state index contributed by atoms with van der Waals surface area (Å²) in [5, 5.41) is 34.2. The Kier molecular flexibility index (Phi) is 8.51. The third kappa shape index (κ3) is 5.13. The van der Waals surface area contributed by atoms with Crippen LogP contribution in [0.1, 0.15) is 105 Å². The molecule has 7 fully saturated rings. The van der Waals surface area contributed by atoms with Crippen LogP contribution in [0.5, 0.6) is 0 Å². The van der Waals surface area contributed by atoms with Crippen LogP contribution in [-0.4, -0.2) is 88.2 Å². The van der Waals surface area contributed by atoms with Crippen LogP contribution < -0.4 is 0 Å². The van der Waals surface area contributed by atoms with Gasteiger partial charge in [0.2, 0.25) is 5.91 Å². The van der Waals surface area contributed by atoms with Gasteiger partial charge in [0, 0.05) is 12.0 Å². The summed E-state index contributed by atoms with van der Waals surface area (Å²) in [6, 6.07) is 6.13. The lowest BCUT2D eigenvalue weighted by atomic mass is 9.41. The first-order valence-electron chi connectivity index (χ1n) is 19.9. The van der Waals surface area contributed by atoms with E-state index in [2.05, 4.69) is 34.6 Å². The van der Waals surface area contributed by atoms with E-state index in [-0.39, 0.29) is 69.3 Å². The number of aliphatic hydroxyl groups excluding tert-OH is 2. The number of ether oxygens (including phenoxy) is 3. The standard InChI is InChI=1S/C42H62FNO7/c1-24-20-27(35(46)38(4,5)48)50-34-33(24)39(6)16-17-42-23-41(42)15-14-30(37(2,3)28(41)12-13-29(42)40(39,7)36(34)47)51-32-22-44(18-19-49-32)31(45)21-25-8-10-26(43)11-9-25/h8-11,24,27-30,32-36,46-48H,12-23H2,1-7H3/t24-,27?,28+,29?,30?,32+,33+,34?,35?,36+,39?,40-,41?,42?/m1/s1. The van der Waals surface area contributed by atoms with Gasteiger partial charge < -0.3 is 34.4 Å². The molecule has 14 atom stereocenters. The van der Waals surface area contributed by atoms with E-state index in [1.54, 1.807) is 26.0 Å². The summed E-state index contributed by atoms with van der Waals surface area (Å²) in [4.78, 5) is 15.0. The molecular formula is C42H62FNO7. The summed E-state index contributed by atoms with van der Waals surface area (Å²) in [6.07, 6.45) is 5.78. The molecular weight excluding hydrogens is 649 g/mol. The molecule has 9 heteroatoms. The third-order valence-corrected chi connectivity index (χ3v) is 16.8. The number of rotatable bonds is 6. The fourth-order valence-corrected chi connectivity index (χ4v) is 14.2. The Morgan fingerprint density at radius 1 is 1.06 bits per heavy atom. The van der Waals surface area contributed by atoms with Gasteiger partial charge in [-0.15, -0.1) is 0 Å². The minimum Gasteiger partial charge on any atom is -0.390 e. The third-order valence-electron chi connectivity index (χ3n) is 16.8. The molecule has 7 aliphatic rings. The number of nitrogens with zero attached hydrogens (tertiary/aromatic N) is 1. The van der Waals surface area contributed by atoms with Crippen LogP contribution in [0.4, 0.5) is 4.39 Å². The highest BCUT2D eigenvalue weighted by Crippen LogP contribution is 2.89. The van der Waals surface area contributed by atoms with Crippen molar-refractivity contribution in [1.29, 1.82) is 0 Å². The normalized spacial score (nSPS) is 47.7. The zero-order valence-electron chi connectivity index (χ0n) is 31.9. The molecule has 5 saturated carbocycles. The molecule has 2 spiro atoms. The molecule has 3 N–H and O–H groups in total. The molecule has 51 heavy (non-hydrogen) atoms. The first-order chi connectivity index (χ1) is 23.9. The molecule has 1 amide bonds. The molecule has 8 nitrogen and oxygen atoms in total. The lowest BCUT2D eigenvalue weighted by molar-refractivity contribution is -0.248.